The van der Waals surface area contributed by atoms with E-state index in [0.717, 1.165) is 0 Å². The summed E-state index contributed by atoms with van der Waals surface area (Å²) >= 11 is 0. The maximum Gasteiger partial charge on any atom is 0.247 e. The third kappa shape index (κ3) is 25.7. The van der Waals surface area contributed by atoms with Crippen LogP contribution in [-0.2, 0) is 66.5 Å². The molecule has 4 amide bonds. The molecule has 5 fully saturated rings. The molecule has 0 saturated carbocycles. The third-order valence-electron chi connectivity index (χ3n) is 13.0. The van der Waals surface area contributed by atoms with E-state index < -0.39 is 241 Å². The summed E-state index contributed by atoms with van der Waals surface area (Å²) < 4.78 is 51.1. The zero-order valence-electron chi connectivity index (χ0n) is 48.1. The Morgan fingerprint density at radius 2 is 0.540 bits per heavy atom. The molecule has 0 radical (unpaired) electrons. The molecule has 39 nitrogen and oxygen atoms in total. The molecule has 87 heavy (non-hydrogen) atoms. The van der Waals surface area contributed by atoms with Gasteiger partial charge < -0.3 is 178 Å². The van der Waals surface area contributed by atoms with Crippen LogP contribution in [0.1, 0.15) is 53.9 Å². The number of carbonyl (C=O) groups excluding carboxylic acids is 4. The summed E-state index contributed by atoms with van der Waals surface area (Å²) in [6, 6.07) is 0. The molecule has 0 aliphatic carbocycles. The van der Waals surface area contributed by atoms with Gasteiger partial charge in [-0.1, -0.05) is 0 Å². The van der Waals surface area contributed by atoms with Crippen LogP contribution in [0.5, 0.6) is 0 Å². The van der Waals surface area contributed by atoms with E-state index in [2.05, 4.69) is 0 Å². The van der Waals surface area contributed by atoms with Crippen molar-refractivity contribution < 1.29 is 174 Å². The Bertz CT molecular complexity index is 1900. The summed E-state index contributed by atoms with van der Waals surface area (Å²) in [5.74, 6) is -3.03. The Hall–Kier alpha value is -3.36. The molecule has 5 heterocycles. The highest BCUT2D eigenvalue weighted by Gasteiger charge is 2.49. The molecule has 0 bridgehead atoms. The van der Waals surface area contributed by atoms with Crippen molar-refractivity contribution in [3.63, 3.8) is 0 Å². The second-order valence-corrected chi connectivity index (χ2v) is 20.7. The summed E-state index contributed by atoms with van der Waals surface area (Å²) in [5.41, 5.74) is 19.9. The minimum Gasteiger partial charge on any atom is -0.394 e. The van der Waals surface area contributed by atoms with Crippen molar-refractivity contribution in [1.29, 1.82) is 0 Å². The Kier molecular flexibility index (Phi) is 37.4. The van der Waals surface area contributed by atoms with Gasteiger partial charge in [0.2, 0.25) is 23.6 Å². The molecule has 5 rings (SSSR count). The molecule has 5 saturated heterocycles. The van der Waals surface area contributed by atoms with E-state index in [1.165, 1.54) is 0 Å². The highest BCUT2D eigenvalue weighted by molar-refractivity contribution is 5.85. The van der Waals surface area contributed by atoms with E-state index >= 15 is 0 Å². The molecule has 0 aromatic rings. The summed E-state index contributed by atoms with van der Waals surface area (Å²) in [6.45, 7) is 5.23. The van der Waals surface area contributed by atoms with Crippen LogP contribution in [0.2, 0.25) is 0 Å². The van der Waals surface area contributed by atoms with Crippen molar-refractivity contribution in [2.75, 3.05) is 39.6 Å². The van der Waals surface area contributed by atoms with E-state index in [-0.39, 0.29) is 25.6 Å². The molecule has 29 atom stereocenters. The molecule has 29 N–H and O–H groups in total. The zero-order chi connectivity index (χ0) is 67.1. The van der Waals surface area contributed by atoms with E-state index in [1.54, 1.807) is 34.6 Å². The minimum absolute atomic E-state index is 0.0744. The number of aliphatic hydroxyl groups is 21. The van der Waals surface area contributed by atoms with Gasteiger partial charge in [-0.25, -0.2) is 0 Å². The maximum absolute atomic E-state index is 11.1. The van der Waals surface area contributed by atoms with Crippen molar-refractivity contribution in [2.45, 2.75) is 238 Å². The summed E-state index contributed by atoms with van der Waals surface area (Å²) in [6.07, 6.45) is -37.6. The lowest BCUT2D eigenvalue weighted by Gasteiger charge is -2.40. The highest BCUT2D eigenvalue weighted by atomic mass is 16.7. The monoisotopic (exact) mass is 1280 g/mol. The maximum atomic E-state index is 11.1. The van der Waals surface area contributed by atoms with Crippen molar-refractivity contribution in [3.8, 4) is 0 Å². The van der Waals surface area contributed by atoms with Crippen LogP contribution < -0.4 is 22.9 Å². The Morgan fingerprint density at radius 3 is 0.736 bits per heavy atom. The second-order valence-electron chi connectivity index (χ2n) is 20.7. The minimum atomic E-state index is -1.69. The molecular weight excluding hydrogens is 1190 g/mol. The number of ether oxygens (including phenoxy) is 10. The topological polar surface area (TPSA) is 689 Å². The predicted molar refractivity (Wildman–Crippen MR) is 279 cm³/mol. The van der Waals surface area contributed by atoms with Gasteiger partial charge in [-0.05, 0) is 34.6 Å². The quantitative estimate of drug-likeness (QED) is 0.0452. The summed E-state index contributed by atoms with van der Waals surface area (Å²) in [7, 11) is 0. The first kappa shape index (κ1) is 81.7. The molecular formula is C48H92N4O35. The lowest BCUT2D eigenvalue weighted by molar-refractivity contribution is -0.311. The Balaban J connectivity index is 0.000000545. The molecule has 5 aliphatic heterocycles. The third-order valence-corrected chi connectivity index (χ3v) is 13.0. The van der Waals surface area contributed by atoms with Crippen LogP contribution in [-0.4, -0.2) is 355 Å². The molecule has 0 aromatic carbocycles. The first-order valence-electron chi connectivity index (χ1n) is 27.0. The van der Waals surface area contributed by atoms with E-state index in [0.29, 0.717) is 0 Å². The molecule has 39 heteroatoms. The van der Waals surface area contributed by atoms with Crippen molar-refractivity contribution >= 4 is 23.6 Å². The van der Waals surface area contributed by atoms with Crippen molar-refractivity contribution in [2.24, 2.45) is 22.9 Å². The number of primary amides is 4. The van der Waals surface area contributed by atoms with Gasteiger partial charge in [0, 0.05) is 0 Å². The van der Waals surface area contributed by atoms with Crippen LogP contribution in [0.15, 0.2) is 0 Å². The van der Waals surface area contributed by atoms with Crippen LogP contribution in [0, 0.1) is 0 Å². The van der Waals surface area contributed by atoms with Crippen molar-refractivity contribution in [1.82, 2.24) is 0 Å². The largest absolute Gasteiger partial charge is 0.394 e. The van der Waals surface area contributed by atoms with Gasteiger partial charge in [0.15, 0.2) is 31.5 Å². The normalized spacial score (nSPS) is 39.0. The van der Waals surface area contributed by atoms with Crippen LogP contribution in [0.25, 0.3) is 0 Å². The van der Waals surface area contributed by atoms with Crippen molar-refractivity contribution in [3.05, 3.63) is 0 Å². The Labute approximate surface area is 497 Å². The zero-order valence-corrected chi connectivity index (χ0v) is 48.1. The first-order valence-corrected chi connectivity index (χ1v) is 27.0. The number of hydrogen-bond acceptors (Lipinski definition) is 35. The number of carbonyl (C=O) groups is 4. The van der Waals surface area contributed by atoms with Gasteiger partial charge in [0.1, 0.15) is 128 Å². The molecule has 514 valence electrons. The molecule has 5 aliphatic rings. The molecule has 0 aromatic heterocycles. The van der Waals surface area contributed by atoms with E-state index in [4.69, 9.17) is 101 Å². The van der Waals surface area contributed by atoms with Gasteiger partial charge in [0.05, 0.1) is 83.3 Å². The number of hydrogen-bond donors (Lipinski definition) is 25. The number of nitrogens with two attached hydrogens (primary N) is 4. The van der Waals surface area contributed by atoms with Gasteiger partial charge in [-0.3, -0.25) is 19.2 Å². The molecule has 0 spiro atoms. The summed E-state index contributed by atoms with van der Waals surface area (Å²) in [4.78, 5) is 43.2. The SMILES string of the molecule is CC(C)O[C@H]1OC(CO)[C@H](O)[C@H](O)C1O.CC(CC(N)=O)O[C@H]1OC(CO)[C@@H](O)[C@H](O)C1O.CC(CC(N)=O)O[C@H]1OC(CO)[C@@H](O)[C@H](O)C1O.CC(CO)O[C@H]1OC(CO)[C@H](O)[C@H](O)C1O.NC(=O)CC(O[C@H]1OC(CO)[C@H](O)[C@H](O)C1O)C(N)=O. The van der Waals surface area contributed by atoms with Gasteiger partial charge in [-0.2, -0.15) is 0 Å². The second kappa shape index (κ2) is 39.8. The van der Waals surface area contributed by atoms with E-state index in [1.807, 2.05) is 0 Å². The van der Waals surface area contributed by atoms with Crippen LogP contribution in [0.3, 0.4) is 0 Å². The Morgan fingerprint density at radius 1 is 0.322 bits per heavy atom. The smallest absolute Gasteiger partial charge is 0.247 e. The predicted octanol–water partition coefficient (Wildman–Crippen LogP) is -14.9. The summed E-state index contributed by atoms with van der Waals surface area (Å²) in [5, 5.41) is 196. The lowest BCUT2D eigenvalue weighted by atomic mass is 9.99. The fraction of sp³-hybridized carbons (Fsp3) is 0.917. The number of aliphatic hydroxyl groups excluding tert-OH is 21. The van der Waals surface area contributed by atoms with E-state index in [9.17, 15) is 95.8 Å². The van der Waals surface area contributed by atoms with Crippen LogP contribution >= 0.6 is 0 Å². The van der Waals surface area contributed by atoms with Gasteiger partial charge in [0.25, 0.3) is 0 Å². The lowest BCUT2D eigenvalue weighted by Crippen LogP contribution is -2.60. The van der Waals surface area contributed by atoms with Gasteiger partial charge >= 0.3 is 0 Å². The molecule has 14 unspecified atom stereocenters. The first-order chi connectivity index (χ1) is 40.5. The number of amides is 4. The van der Waals surface area contributed by atoms with Gasteiger partial charge in [-0.15, -0.1) is 0 Å². The average Bonchev–Trinajstić information content (AvgIpc) is 2.52. The fourth-order valence-corrected chi connectivity index (χ4v) is 8.12. The average molecular weight is 1290 g/mol. The standard InChI is InChI=1S/C10H18N2O8.2C10H19NO7.C9H18O7.C9H18O6/c11-5(14)1-3(9(12)18)19-10-8(17)7(16)6(15)4(2-13)20-10;2*1-4(2-6(11)13)17-10-9(16)8(15)7(14)5(3-12)18-10;1-4(2-10)15-9-8(14)7(13)6(12)5(3-11)16-9;1-4(2)14-9-8(13)7(12)6(11)5(3-10)15-9/h3-4,6-8,10,13,15-17H,1-2H2,(H2,11,14)(H2,12,18);2*4-5,7-10,12,14-16H,2-3H2,1H3,(H2,11,13);4-14H,2-3H2,1H3;4-13H,3H2,1-2H3/t3?,4?,6-,7-,8?,10-;2*4?,5?,7-,8+,9?,10+;4?,5?,6-,7-,8?,9-;5?,6-,7-,8?,9-/m01100/s1. The fourth-order valence-electron chi connectivity index (χ4n) is 8.12. The van der Waals surface area contributed by atoms with Crippen LogP contribution in [0.4, 0.5) is 0 Å². The number of rotatable bonds is 23. The highest BCUT2D eigenvalue weighted by Crippen LogP contribution is 2.28.